The number of fused-ring (bicyclic) bond motifs is 1. The summed E-state index contributed by atoms with van der Waals surface area (Å²) >= 11 is 0. The van der Waals surface area contributed by atoms with Crippen LogP contribution in [-0.2, 0) is 4.79 Å². The lowest BCUT2D eigenvalue weighted by molar-refractivity contribution is -0.137. The third kappa shape index (κ3) is 4.39. The molecule has 3 aliphatic rings. The number of carboxylic acids is 1. The van der Waals surface area contributed by atoms with Crippen molar-refractivity contribution in [3.63, 3.8) is 0 Å². The summed E-state index contributed by atoms with van der Waals surface area (Å²) in [6, 6.07) is 0. The Morgan fingerprint density at radius 1 is 1.03 bits per heavy atom. The maximum atomic E-state index is 11.2. The Balaban J connectivity index is 1.82. The maximum Gasteiger partial charge on any atom is 0.303 e. The van der Waals surface area contributed by atoms with E-state index in [9.17, 15) is 15.0 Å². The predicted molar refractivity (Wildman–Crippen MR) is 115 cm³/mol. The third-order valence-electron chi connectivity index (χ3n) is 9.76. The van der Waals surface area contributed by atoms with Gasteiger partial charge in [0.25, 0.3) is 0 Å². The fraction of sp³-hybridized carbons (Fsp3) is 0.960. The van der Waals surface area contributed by atoms with Crippen LogP contribution >= 0.6 is 0 Å². The minimum atomic E-state index is -0.688. The average Bonchev–Trinajstić information content (AvgIpc) is 3.04. The van der Waals surface area contributed by atoms with Crippen molar-refractivity contribution in [3.05, 3.63) is 0 Å². The van der Waals surface area contributed by atoms with Gasteiger partial charge in [-0.3, -0.25) is 4.79 Å². The van der Waals surface area contributed by atoms with Crippen LogP contribution in [0.4, 0.5) is 0 Å². The van der Waals surface area contributed by atoms with Gasteiger partial charge in [-0.25, -0.2) is 0 Å². The summed E-state index contributed by atoms with van der Waals surface area (Å²) in [5.74, 6) is 1.73. The van der Waals surface area contributed by atoms with Crippen molar-refractivity contribution in [1.29, 1.82) is 0 Å². The Bertz CT molecular complexity index is 567. The zero-order chi connectivity index (χ0) is 21.4. The average molecular weight is 409 g/mol. The Morgan fingerprint density at radius 2 is 1.69 bits per heavy atom. The third-order valence-corrected chi connectivity index (χ3v) is 9.76. The second-order valence-corrected chi connectivity index (χ2v) is 11.3. The van der Waals surface area contributed by atoms with Gasteiger partial charge in [0, 0.05) is 6.42 Å². The molecule has 3 fully saturated rings. The van der Waals surface area contributed by atoms with Gasteiger partial charge in [-0.05, 0) is 105 Å². The summed E-state index contributed by atoms with van der Waals surface area (Å²) in [5.41, 5.74) is 0.453. The molecule has 4 nitrogen and oxygen atoms in total. The molecule has 3 saturated carbocycles. The van der Waals surface area contributed by atoms with Crippen LogP contribution in [0.3, 0.4) is 0 Å². The van der Waals surface area contributed by atoms with E-state index in [1.54, 1.807) is 0 Å². The molecule has 0 aromatic rings. The maximum absolute atomic E-state index is 11.2. The van der Waals surface area contributed by atoms with Crippen LogP contribution in [0, 0.1) is 40.4 Å². The van der Waals surface area contributed by atoms with E-state index in [4.69, 9.17) is 5.11 Å². The first-order chi connectivity index (χ1) is 13.6. The molecule has 168 valence electrons. The zero-order valence-electron chi connectivity index (χ0n) is 19.1. The Hall–Kier alpha value is -0.610. The predicted octanol–water partition coefficient (Wildman–Crippen LogP) is 5.26. The van der Waals surface area contributed by atoms with Gasteiger partial charge in [0.05, 0.1) is 12.2 Å². The molecule has 4 heteroatoms. The number of hydrogen-bond donors (Lipinski definition) is 3. The molecule has 3 unspecified atom stereocenters. The second-order valence-electron chi connectivity index (χ2n) is 11.3. The van der Waals surface area contributed by atoms with Crippen molar-refractivity contribution in [3.8, 4) is 0 Å². The standard InChI is InChI=1S/C25H44O4/c1-5-21(27)23-19(24(3)13-10-17(26)11-14-24)12-15-25(4)18(7-8-20(23)25)16(2)6-9-22(28)29/h16-21,23,26-27H,5-15H2,1-4H3,(H,28,29)/t16-,17?,18-,19?,20?,21-,23?,24?,25-/m1/s1. The lowest BCUT2D eigenvalue weighted by atomic mass is 9.49. The van der Waals surface area contributed by atoms with E-state index in [0.717, 1.165) is 38.5 Å². The van der Waals surface area contributed by atoms with Gasteiger partial charge in [0.1, 0.15) is 0 Å². The molecular formula is C25H44O4. The number of aliphatic hydroxyl groups is 2. The van der Waals surface area contributed by atoms with Gasteiger partial charge in [-0.15, -0.1) is 0 Å². The normalized spacial score (nSPS) is 44.8. The molecular weight excluding hydrogens is 364 g/mol. The SMILES string of the molecule is CC[C@@H](O)C1C(C2(C)CCC(O)CC2)CC[C@@]2(C)C1CC[C@@H]2[C@H](C)CCC(=O)O. The second kappa shape index (κ2) is 8.86. The first kappa shape index (κ1) is 23.1. The molecule has 0 saturated heterocycles. The monoisotopic (exact) mass is 408 g/mol. The lowest BCUT2D eigenvalue weighted by Gasteiger charge is -2.56. The van der Waals surface area contributed by atoms with Gasteiger partial charge < -0.3 is 15.3 Å². The number of rotatable bonds is 7. The van der Waals surface area contributed by atoms with E-state index in [0.29, 0.717) is 29.6 Å². The van der Waals surface area contributed by atoms with Gasteiger partial charge in [0.15, 0.2) is 0 Å². The quantitative estimate of drug-likeness (QED) is 0.537. The van der Waals surface area contributed by atoms with Gasteiger partial charge in [0.2, 0.25) is 0 Å². The van der Waals surface area contributed by atoms with Crippen LogP contribution in [0.5, 0.6) is 0 Å². The highest BCUT2D eigenvalue weighted by molar-refractivity contribution is 5.66. The van der Waals surface area contributed by atoms with E-state index in [1.165, 1.54) is 25.7 Å². The first-order valence-electron chi connectivity index (χ1n) is 12.2. The van der Waals surface area contributed by atoms with E-state index in [2.05, 4.69) is 27.7 Å². The van der Waals surface area contributed by atoms with Crippen molar-refractivity contribution in [2.75, 3.05) is 0 Å². The molecule has 3 rings (SSSR count). The van der Waals surface area contributed by atoms with Gasteiger partial charge in [-0.2, -0.15) is 0 Å². The largest absolute Gasteiger partial charge is 0.481 e. The topological polar surface area (TPSA) is 77.8 Å². The minimum absolute atomic E-state index is 0.141. The minimum Gasteiger partial charge on any atom is -0.481 e. The number of aliphatic hydroxyl groups excluding tert-OH is 2. The van der Waals surface area contributed by atoms with Crippen molar-refractivity contribution in [2.45, 2.75) is 111 Å². The summed E-state index contributed by atoms with van der Waals surface area (Å²) in [7, 11) is 0. The highest BCUT2D eigenvalue weighted by Crippen LogP contribution is 2.65. The van der Waals surface area contributed by atoms with Crippen LogP contribution in [-0.4, -0.2) is 33.5 Å². The molecule has 0 heterocycles. The molecule has 3 aliphatic carbocycles. The fourth-order valence-corrected chi connectivity index (χ4v) is 7.98. The van der Waals surface area contributed by atoms with Crippen LogP contribution < -0.4 is 0 Å². The molecule has 29 heavy (non-hydrogen) atoms. The molecule has 7 atom stereocenters. The van der Waals surface area contributed by atoms with Crippen LogP contribution in [0.15, 0.2) is 0 Å². The van der Waals surface area contributed by atoms with Crippen molar-refractivity contribution >= 4 is 5.97 Å². The molecule has 0 radical (unpaired) electrons. The summed E-state index contributed by atoms with van der Waals surface area (Å²) < 4.78 is 0. The number of carboxylic acid groups (broad SMARTS) is 1. The summed E-state index contributed by atoms with van der Waals surface area (Å²) in [5, 5.41) is 30.4. The van der Waals surface area contributed by atoms with E-state index < -0.39 is 5.97 Å². The van der Waals surface area contributed by atoms with Gasteiger partial charge >= 0.3 is 5.97 Å². The van der Waals surface area contributed by atoms with Gasteiger partial charge in [-0.1, -0.05) is 27.7 Å². The molecule has 0 aromatic carbocycles. The Labute approximate surface area is 177 Å². The Kier molecular flexibility index (Phi) is 7.05. The molecule has 0 spiro atoms. The lowest BCUT2D eigenvalue weighted by Crippen LogP contribution is -2.52. The summed E-state index contributed by atoms with van der Waals surface area (Å²) in [6.45, 7) is 9.24. The van der Waals surface area contributed by atoms with Crippen molar-refractivity contribution in [1.82, 2.24) is 0 Å². The first-order valence-corrected chi connectivity index (χ1v) is 12.2. The molecule has 0 aromatic heterocycles. The van der Waals surface area contributed by atoms with Crippen molar-refractivity contribution in [2.24, 2.45) is 40.4 Å². The van der Waals surface area contributed by atoms with E-state index >= 15 is 0 Å². The molecule has 0 amide bonds. The smallest absolute Gasteiger partial charge is 0.303 e. The van der Waals surface area contributed by atoms with Crippen molar-refractivity contribution < 1.29 is 20.1 Å². The summed E-state index contributed by atoms with van der Waals surface area (Å²) in [6.07, 6.45) is 10.1. The van der Waals surface area contributed by atoms with Crippen LogP contribution in [0.25, 0.3) is 0 Å². The highest BCUT2D eigenvalue weighted by Gasteiger charge is 2.58. The number of hydrogen-bond acceptors (Lipinski definition) is 3. The highest BCUT2D eigenvalue weighted by atomic mass is 16.4. The van der Waals surface area contributed by atoms with E-state index in [1.807, 2.05) is 0 Å². The molecule has 3 N–H and O–H groups in total. The fourth-order valence-electron chi connectivity index (χ4n) is 7.98. The van der Waals surface area contributed by atoms with Crippen LogP contribution in [0.1, 0.15) is 98.3 Å². The molecule has 0 bridgehead atoms. The van der Waals surface area contributed by atoms with E-state index in [-0.39, 0.29) is 29.5 Å². The zero-order valence-corrected chi connectivity index (χ0v) is 19.1. The molecule has 0 aliphatic heterocycles. The Morgan fingerprint density at radius 3 is 2.28 bits per heavy atom. The summed E-state index contributed by atoms with van der Waals surface area (Å²) in [4.78, 5) is 11.1. The number of carbonyl (C=O) groups is 1. The number of aliphatic carboxylic acids is 1. The van der Waals surface area contributed by atoms with Crippen LogP contribution in [0.2, 0.25) is 0 Å².